The van der Waals surface area contributed by atoms with Crippen molar-refractivity contribution < 1.29 is 9.53 Å². The molecule has 35 heavy (non-hydrogen) atoms. The Morgan fingerprint density at radius 3 is 2.51 bits per heavy atom. The number of anilines is 2. The number of pyridine rings is 2. The Morgan fingerprint density at radius 1 is 0.914 bits per heavy atom. The van der Waals surface area contributed by atoms with E-state index in [-0.39, 0.29) is 6.61 Å². The molecule has 0 aliphatic rings. The van der Waals surface area contributed by atoms with Gasteiger partial charge in [-0.3, -0.25) is 4.98 Å². The van der Waals surface area contributed by atoms with E-state index < -0.39 is 5.97 Å². The van der Waals surface area contributed by atoms with E-state index in [1.165, 1.54) is 6.20 Å². The highest BCUT2D eigenvalue weighted by atomic mass is 16.5. The maximum Gasteiger partial charge on any atom is 0.339 e. The fourth-order valence-corrected chi connectivity index (χ4v) is 3.94. The number of ether oxygens (including phenoxy) is 1. The average molecular weight is 462 g/mol. The third-order valence-corrected chi connectivity index (χ3v) is 5.61. The van der Waals surface area contributed by atoms with Crippen molar-refractivity contribution in [2.24, 2.45) is 0 Å². The van der Waals surface area contributed by atoms with Crippen molar-refractivity contribution in [3.63, 3.8) is 0 Å². The SMILES string of the molecule is CCOC(=O)c1cncc(-c2nc(N(C)c3ccccn3)c3c(-c4ccccc4)cccc3n2)c1. The van der Waals surface area contributed by atoms with Crippen molar-refractivity contribution in [2.45, 2.75) is 6.92 Å². The number of hydrogen-bond donors (Lipinski definition) is 0. The van der Waals surface area contributed by atoms with Crippen molar-refractivity contribution in [3.8, 4) is 22.5 Å². The fourth-order valence-electron chi connectivity index (χ4n) is 3.94. The predicted octanol–water partition coefficient (Wildman–Crippen LogP) is 5.70. The quantitative estimate of drug-likeness (QED) is 0.300. The first kappa shape index (κ1) is 22.2. The van der Waals surface area contributed by atoms with Crippen LogP contribution in [0.3, 0.4) is 0 Å². The summed E-state index contributed by atoms with van der Waals surface area (Å²) in [6, 6.07) is 23.6. The average Bonchev–Trinajstić information content (AvgIpc) is 2.93. The van der Waals surface area contributed by atoms with Crippen LogP contribution in [0, 0.1) is 0 Å². The number of hydrogen-bond acceptors (Lipinski definition) is 7. The van der Waals surface area contributed by atoms with E-state index in [4.69, 9.17) is 14.7 Å². The molecule has 0 amide bonds. The zero-order valence-corrected chi connectivity index (χ0v) is 19.4. The third-order valence-electron chi connectivity index (χ3n) is 5.61. The van der Waals surface area contributed by atoms with Gasteiger partial charge in [0.2, 0.25) is 0 Å². The predicted molar refractivity (Wildman–Crippen MR) is 136 cm³/mol. The first-order valence-corrected chi connectivity index (χ1v) is 11.3. The van der Waals surface area contributed by atoms with Gasteiger partial charge in [-0.1, -0.05) is 48.5 Å². The van der Waals surface area contributed by atoms with Gasteiger partial charge in [0.25, 0.3) is 0 Å². The first-order valence-electron chi connectivity index (χ1n) is 11.3. The van der Waals surface area contributed by atoms with E-state index in [2.05, 4.69) is 28.2 Å². The van der Waals surface area contributed by atoms with Gasteiger partial charge in [0.05, 0.1) is 23.1 Å². The molecule has 0 saturated carbocycles. The van der Waals surface area contributed by atoms with E-state index in [9.17, 15) is 4.79 Å². The third kappa shape index (κ3) is 4.44. The Labute approximate surface area is 203 Å². The summed E-state index contributed by atoms with van der Waals surface area (Å²) in [5.74, 6) is 1.48. The summed E-state index contributed by atoms with van der Waals surface area (Å²) in [4.78, 5) is 32.8. The fraction of sp³-hybridized carbons (Fsp3) is 0.107. The molecular weight excluding hydrogens is 438 g/mol. The Morgan fingerprint density at radius 2 is 1.74 bits per heavy atom. The van der Waals surface area contributed by atoms with E-state index >= 15 is 0 Å². The molecule has 2 aromatic carbocycles. The molecule has 0 spiro atoms. The minimum absolute atomic E-state index is 0.289. The lowest BCUT2D eigenvalue weighted by molar-refractivity contribution is 0.0526. The summed E-state index contributed by atoms with van der Waals surface area (Å²) in [5, 5.41) is 0.908. The van der Waals surface area contributed by atoms with Crippen LogP contribution in [-0.4, -0.2) is 39.6 Å². The highest BCUT2D eigenvalue weighted by Gasteiger charge is 2.19. The van der Waals surface area contributed by atoms with Gasteiger partial charge in [0.1, 0.15) is 11.6 Å². The van der Waals surface area contributed by atoms with Gasteiger partial charge < -0.3 is 9.64 Å². The van der Waals surface area contributed by atoms with Crippen molar-refractivity contribution in [3.05, 3.63) is 97.0 Å². The highest BCUT2D eigenvalue weighted by molar-refractivity contribution is 6.03. The van der Waals surface area contributed by atoms with E-state index in [1.54, 1.807) is 25.4 Å². The number of fused-ring (bicyclic) bond motifs is 1. The molecule has 0 fully saturated rings. The zero-order chi connectivity index (χ0) is 24.2. The standard InChI is InChI=1S/C28H23N5O2/c1-3-35-28(34)21-16-20(17-29-18-21)26-31-23-13-9-12-22(19-10-5-4-6-11-19)25(23)27(32-26)33(2)24-14-7-8-15-30-24/h4-18H,3H2,1-2H3. The molecule has 7 nitrogen and oxygen atoms in total. The molecule has 3 heterocycles. The smallest absolute Gasteiger partial charge is 0.339 e. The number of esters is 1. The van der Waals surface area contributed by atoms with Crippen LogP contribution in [0.4, 0.5) is 11.6 Å². The molecule has 7 heteroatoms. The maximum absolute atomic E-state index is 12.3. The van der Waals surface area contributed by atoms with Crippen molar-refractivity contribution in [1.29, 1.82) is 0 Å². The van der Waals surface area contributed by atoms with Gasteiger partial charge >= 0.3 is 5.97 Å². The van der Waals surface area contributed by atoms with E-state index in [0.717, 1.165) is 27.8 Å². The van der Waals surface area contributed by atoms with Gasteiger partial charge in [-0.15, -0.1) is 0 Å². The lowest BCUT2D eigenvalue weighted by Crippen LogP contribution is -2.14. The van der Waals surface area contributed by atoms with Crippen LogP contribution in [0.5, 0.6) is 0 Å². The van der Waals surface area contributed by atoms with Gasteiger partial charge in [-0.2, -0.15) is 0 Å². The van der Waals surface area contributed by atoms with Crippen LogP contribution >= 0.6 is 0 Å². The molecular formula is C28H23N5O2. The summed E-state index contributed by atoms with van der Waals surface area (Å²) in [6.45, 7) is 2.06. The van der Waals surface area contributed by atoms with Gasteiger partial charge in [-0.25, -0.2) is 19.7 Å². The largest absolute Gasteiger partial charge is 0.462 e. The molecule has 0 aliphatic carbocycles. The molecule has 0 unspecified atom stereocenters. The summed E-state index contributed by atoms with van der Waals surface area (Å²) in [5.41, 5.74) is 3.83. The number of aromatic nitrogens is 4. The Kier molecular flexibility index (Phi) is 6.13. The van der Waals surface area contributed by atoms with Gasteiger partial charge in [0, 0.05) is 31.2 Å². The second-order valence-electron chi connectivity index (χ2n) is 7.87. The van der Waals surface area contributed by atoms with Crippen LogP contribution in [0.15, 0.2) is 91.4 Å². The van der Waals surface area contributed by atoms with E-state index in [0.29, 0.717) is 22.8 Å². The summed E-state index contributed by atoms with van der Waals surface area (Å²) in [7, 11) is 1.93. The summed E-state index contributed by atoms with van der Waals surface area (Å²) < 4.78 is 5.14. The molecule has 0 bridgehead atoms. The highest BCUT2D eigenvalue weighted by Crippen LogP contribution is 2.37. The van der Waals surface area contributed by atoms with E-state index in [1.807, 2.05) is 60.5 Å². The first-order chi connectivity index (χ1) is 17.2. The number of benzene rings is 2. The lowest BCUT2D eigenvalue weighted by atomic mass is 10.0. The maximum atomic E-state index is 12.3. The normalized spacial score (nSPS) is 10.8. The number of rotatable bonds is 6. The topological polar surface area (TPSA) is 81.1 Å². The Balaban J connectivity index is 1.74. The van der Waals surface area contributed by atoms with Crippen LogP contribution in [-0.2, 0) is 4.74 Å². The summed E-state index contributed by atoms with van der Waals surface area (Å²) in [6.07, 6.45) is 4.88. The van der Waals surface area contributed by atoms with Crippen LogP contribution in [0.1, 0.15) is 17.3 Å². The molecule has 5 aromatic rings. The van der Waals surface area contributed by atoms with Gasteiger partial charge in [0.15, 0.2) is 5.82 Å². The summed E-state index contributed by atoms with van der Waals surface area (Å²) >= 11 is 0. The molecule has 3 aromatic heterocycles. The second-order valence-corrected chi connectivity index (χ2v) is 7.87. The molecule has 172 valence electrons. The van der Waals surface area contributed by atoms with Crippen LogP contribution < -0.4 is 4.90 Å². The monoisotopic (exact) mass is 461 g/mol. The van der Waals surface area contributed by atoms with Crippen molar-refractivity contribution >= 4 is 28.5 Å². The minimum atomic E-state index is -0.431. The molecule has 0 saturated heterocycles. The molecule has 5 rings (SSSR count). The van der Waals surface area contributed by atoms with Crippen LogP contribution in [0.25, 0.3) is 33.4 Å². The Bertz CT molecular complexity index is 1490. The number of carbonyl (C=O) groups is 1. The Hall–Kier alpha value is -4.65. The molecule has 0 radical (unpaired) electrons. The molecule has 0 atom stereocenters. The van der Waals surface area contributed by atoms with Crippen molar-refractivity contribution in [1.82, 2.24) is 19.9 Å². The van der Waals surface area contributed by atoms with Crippen molar-refractivity contribution in [2.75, 3.05) is 18.6 Å². The zero-order valence-electron chi connectivity index (χ0n) is 19.4. The van der Waals surface area contributed by atoms with Gasteiger partial charge in [-0.05, 0) is 42.3 Å². The number of carbonyl (C=O) groups excluding carboxylic acids is 1. The molecule has 0 N–H and O–H groups in total. The lowest BCUT2D eigenvalue weighted by Gasteiger charge is -2.21. The number of nitrogens with zero attached hydrogens (tertiary/aromatic N) is 5. The minimum Gasteiger partial charge on any atom is -0.462 e. The molecule has 0 aliphatic heterocycles. The second kappa shape index (κ2) is 9.69. The van der Waals surface area contributed by atoms with Crippen LogP contribution in [0.2, 0.25) is 0 Å².